The summed E-state index contributed by atoms with van der Waals surface area (Å²) in [4.78, 5) is 13.4. The van der Waals surface area contributed by atoms with Crippen LogP contribution in [0.5, 0.6) is 0 Å². The van der Waals surface area contributed by atoms with Crippen molar-refractivity contribution >= 4 is 43.4 Å². The van der Waals surface area contributed by atoms with Crippen LogP contribution >= 0.6 is 11.3 Å². The summed E-state index contributed by atoms with van der Waals surface area (Å²) in [5.74, 6) is -0.803. The molecule has 6 nitrogen and oxygen atoms in total. The van der Waals surface area contributed by atoms with Crippen LogP contribution < -0.4 is 14.7 Å². The lowest BCUT2D eigenvalue weighted by molar-refractivity contribution is 0.574. The molecule has 9 heteroatoms. The van der Waals surface area contributed by atoms with Gasteiger partial charge in [-0.15, -0.1) is 0 Å². The number of halogens is 1. The van der Waals surface area contributed by atoms with Crippen LogP contribution in [0.3, 0.4) is 0 Å². The average molecular weight is 693 g/mol. The number of piperidine rings is 2. The molecule has 0 unspecified atom stereocenters. The van der Waals surface area contributed by atoms with E-state index >= 15 is 4.39 Å². The van der Waals surface area contributed by atoms with Crippen LogP contribution in [0, 0.1) is 5.82 Å². The average Bonchev–Trinajstić information content (AvgIpc) is 3.57. The summed E-state index contributed by atoms with van der Waals surface area (Å²) < 4.78 is 45.3. The van der Waals surface area contributed by atoms with Crippen LogP contribution in [-0.2, 0) is 9.84 Å². The Morgan fingerprint density at radius 2 is 1.31 bits per heavy atom. The molecule has 4 heterocycles. The quantitative estimate of drug-likeness (QED) is 0.166. The Kier molecular flexibility index (Phi) is 8.66. The lowest BCUT2D eigenvalue weighted by atomic mass is 9.87. The molecule has 49 heavy (non-hydrogen) atoms. The van der Waals surface area contributed by atoms with E-state index in [2.05, 4.69) is 45.9 Å². The number of thiazole rings is 1. The number of nitrogens with zero attached hydrogens (tertiary/aromatic N) is 4. The molecule has 1 aromatic heterocycles. The monoisotopic (exact) mass is 692 g/mol. The van der Waals surface area contributed by atoms with E-state index in [1.54, 1.807) is 12.1 Å². The molecule has 3 aliphatic rings. The third-order valence-electron chi connectivity index (χ3n) is 10.3. The maximum atomic E-state index is 15.7. The van der Waals surface area contributed by atoms with Gasteiger partial charge >= 0.3 is 0 Å². The third kappa shape index (κ3) is 5.80. The van der Waals surface area contributed by atoms with Crippen molar-refractivity contribution in [3.8, 4) is 11.3 Å². The second-order valence-electron chi connectivity index (χ2n) is 13.2. The van der Waals surface area contributed by atoms with Gasteiger partial charge in [0.05, 0.1) is 15.5 Å². The van der Waals surface area contributed by atoms with E-state index in [-0.39, 0.29) is 5.82 Å². The molecular weight excluding hydrogens is 652 g/mol. The van der Waals surface area contributed by atoms with Gasteiger partial charge in [0.2, 0.25) is 9.84 Å². The van der Waals surface area contributed by atoms with E-state index in [0.29, 0.717) is 27.6 Å². The molecule has 8 rings (SSSR count). The molecule has 4 aromatic carbocycles. The van der Waals surface area contributed by atoms with E-state index in [1.807, 2.05) is 48.5 Å². The van der Waals surface area contributed by atoms with E-state index in [0.717, 1.165) is 90.1 Å². The van der Waals surface area contributed by atoms with Gasteiger partial charge in [0.15, 0.2) is 5.13 Å². The molecule has 252 valence electrons. The Bertz CT molecular complexity index is 2010. The minimum atomic E-state index is -3.86. The van der Waals surface area contributed by atoms with Crippen molar-refractivity contribution < 1.29 is 12.8 Å². The Morgan fingerprint density at radius 3 is 1.86 bits per heavy atom. The van der Waals surface area contributed by atoms with Crippen molar-refractivity contribution in [2.24, 2.45) is 0 Å². The highest BCUT2D eigenvalue weighted by Gasteiger charge is 2.40. The molecule has 0 atom stereocenters. The van der Waals surface area contributed by atoms with Crippen molar-refractivity contribution in [2.75, 3.05) is 47.4 Å². The summed E-state index contributed by atoms with van der Waals surface area (Å²) in [6.45, 7) is 6.41. The Hall–Kier alpha value is -4.21. The number of para-hydroxylation sites is 1. The first kappa shape index (κ1) is 32.0. The largest absolute Gasteiger partial charge is 0.372 e. The fourth-order valence-corrected chi connectivity index (χ4v) is 10.9. The SMILES string of the molecule is CCN(c1ccccc1)c1nc(-c2ccccc2F)c(C2c3ccc(N4CCCCC4)cc3S(=O)(=O)c3cc(N4CCCCC4)ccc32)s1. The first-order valence-electron chi connectivity index (χ1n) is 17.5. The number of hydrogen-bond donors (Lipinski definition) is 0. The number of fused-ring (bicyclic) bond motifs is 2. The first-order valence-corrected chi connectivity index (χ1v) is 19.8. The predicted octanol–water partition coefficient (Wildman–Crippen LogP) is 9.41. The maximum Gasteiger partial charge on any atom is 0.207 e. The Labute approximate surface area is 292 Å². The molecule has 0 bridgehead atoms. The molecule has 2 fully saturated rings. The minimum Gasteiger partial charge on any atom is -0.372 e. The van der Waals surface area contributed by atoms with Crippen molar-refractivity contribution in [2.45, 2.75) is 61.2 Å². The summed E-state index contributed by atoms with van der Waals surface area (Å²) in [5.41, 5.74) is 5.28. The van der Waals surface area contributed by atoms with Crippen LogP contribution in [0.25, 0.3) is 11.3 Å². The number of anilines is 4. The summed E-state index contributed by atoms with van der Waals surface area (Å²) in [7, 11) is -3.86. The van der Waals surface area contributed by atoms with Crippen molar-refractivity contribution in [3.05, 3.63) is 113 Å². The van der Waals surface area contributed by atoms with Gasteiger partial charge in [-0.3, -0.25) is 0 Å². The van der Waals surface area contributed by atoms with Gasteiger partial charge in [0, 0.05) is 66.1 Å². The van der Waals surface area contributed by atoms with Gasteiger partial charge in [-0.1, -0.05) is 53.8 Å². The zero-order valence-electron chi connectivity index (χ0n) is 27.8. The molecule has 0 spiro atoms. The molecule has 0 aliphatic carbocycles. The molecular formula is C40H41FN4O2S2. The maximum absolute atomic E-state index is 15.7. The number of benzene rings is 4. The van der Waals surface area contributed by atoms with Gasteiger partial charge in [-0.2, -0.15) is 0 Å². The lowest BCUT2D eigenvalue weighted by Gasteiger charge is -2.34. The minimum absolute atomic E-state index is 0.341. The number of rotatable bonds is 7. The Balaban J connectivity index is 1.36. The highest BCUT2D eigenvalue weighted by atomic mass is 32.2. The fraction of sp³-hybridized carbons (Fsp3) is 0.325. The topological polar surface area (TPSA) is 56.8 Å². The predicted molar refractivity (Wildman–Crippen MR) is 198 cm³/mol. The van der Waals surface area contributed by atoms with Crippen LogP contribution in [-0.4, -0.2) is 46.1 Å². The van der Waals surface area contributed by atoms with E-state index < -0.39 is 15.8 Å². The molecule has 0 radical (unpaired) electrons. The molecule has 2 saturated heterocycles. The van der Waals surface area contributed by atoms with Gasteiger partial charge in [0.25, 0.3) is 0 Å². The molecule has 5 aromatic rings. The number of sulfone groups is 1. The van der Waals surface area contributed by atoms with E-state index in [4.69, 9.17) is 4.98 Å². The zero-order chi connectivity index (χ0) is 33.5. The normalized spacial score (nSPS) is 17.4. The highest BCUT2D eigenvalue weighted by Crippen LogP contribution is 2.52. The molecule has 0 amide bonds. The molecule has 3 aliphatic heterocycles. The molecule has 0 N–H and O–H groups in total. The van der Waals surface area contributed by atoms with Crippen molar-refractivity contribution in [3.63, 3.8) is 0 Å². The number of aromatic nitrogens is 1. The van der Waals surface area contributed by atoms with Gasteiger partial charge in [0.1, 0.15) is 5.82 Å². The van der Waals surface area contributed by atoms with Crippen molar-refractivity contribution in [1.29, 1.82) is 0 Å². The second kappa shape index (κ2) is 13.2. The van der Waals surface area contributed by atoms with E-state index in [9.17, 15) is 8.42 Å². The van der Waals surface area contributed by atoms with Crippen molar-refractivity contribution in [1.82, 2.24) is 4.98 Å². The van der Waals surface area contributed by atoms with Crippen LogP contribution in [0.1, 0.15) is 67.4 Å². The standard InChI is InChI=1S/C40H41FN4O2S2/c1-2-45(28-14-6-3-7-15-28)40-42-38(31-16-8-9-17-34(31)41)39(48-40)37-32-20-18-29(43-22-10-4-11-23-43)26-35(32)49(46,47)36-27-30(19-21-33(36)37)44-24-12-5-13-25-44/h3,6-9,14-21,26-27,37H,2,4-5,10-13,22-25H2,1H3. The molecule has 0 saturated carbocycles. The van der Waals surface area contributed by atoms with Gasteiger partial charge < -0.3 is 14.7 Å². The summed E-state index contributed by atoms with van der Waals surface area (Å²) in [6, 6.07) is 28.8. The summed E-state index contributed by atoms with van der Waals surface area (Å²) >= 11 is 1.52. The van der Waals surface area contributed by atoms with E-state index in [1.165, 1.54) is 30.2 Å². The lowest BCUT2D eigenvalue weighted by Crippen LogP contribution is -2.30. The summed E-state index contributed by atoms with van der Waals surface area (Å²) in [6.07, 6.45) is 6.77. The van der Waals surface area contributed by atoms with Crippen LogP contribution in [0.15, 0.2) is 101 Å². The first-order chi connectivity index (χ1) is 23.9. The van der Waals surface area contributed by atoms with Crippen LogP contribution in [0.4, 0.5) is 26.6 Å². The van der Waals surface area contributed by atoms with Gasteiger partial charge in [-0.25, -0.2) is 17.8 Å². The Morgan fingerprint density at radius 1 is 0.755 bits per heavy atom. The number of hydrogen-bond acceptors (Lipinski definition) is 7. The smallest absolute Gasteiger partial charge is 0.207 e. The van der Waals surface area contributed by atoms with Crippen LogP contribution in [0.2, 0.25) is 0 Å². The zero-order valence-corrected chi connectivity index (χ0v) is 29.4. The van der Waals surface area contributed by atoms with Gasteiger partial charge in [-0.05, 0) is 105 Å². The highest BCUT2D eigenvalue weighted by molar-refractivity contribution is 7.91. The fourth-order valence-electron chi connectivity index (χ4n) is 7.77. The third-order valence-corrected chi connectivity index (χ3v) is 13.3. The second-order valence-corrected chi connectivity index (χ2v) is 16.1. The summed E-state index contributed by atoms with van der Waals surface area (Å²) in [5, 5.41) is 0.744.